The SMILES string of the molecule is Cn1ccnc1C(NC(=O)CCNC(=O)Nc1ccc(Br)cc1)c1cccc(F)c1. The summed E-state index contributed by atoms with van der Waals surface area (Å²) in [5.74, 6) is -0.113. The molecular weight excluding hydrogens is 453 g/mol. The Hall–Kier alpha value is -3.20. The van der Waals surface area contributed by atoms with Gasteiger partial charge in [-0.25, -0.2) is 14.2 Å². The molecule has 1 heterocycles. The quantitative estimate of drug-likeness (QED) is 0.488. The van der Waals surface area contributed by atoms with Gasteiger partial charge in [-0.1, -0.05) is 28.1 Å². The Morgan fingerprint density at radius 3 is 2.63 bits per heavy atom. The summed E-state index contributed by atoms with van der Waals surface area (Å²) < 4.78 is 16.4. The average molecular weight is 474 g/mol. The molecule has 0 aliphatic rings. The lowest BCUT2D eigenvalue weighted by Gasteiger charge is -2.19. The first-order valence-corrected chi connectivity index (χ1v) is 10.0. The minimum atomic E-state index is -0.607. The minimum Gasteiger partial charge on any atom is -0.342 e. The largest absolute Gasteiger partial charge is 0.342 e. The van der Waals surface area contributed by atoms with E-state index in [1.54, 1.807) is 48.3 Å². The summed E-state index contributed by atoms with van der Waals surface area (Å²) in [5.41, 5.74) is 1.22. The number of rotatable bonds is 7. The van der Waals surface area contributed by atoms with Gasteiger partial charge < -0.3 is 20.5 Å². The zero-order valence-corrected chi connectivity index (χ0v) is 17.8. The van der Waals surface area contributed by atoms with Gasteiger partial charge in [-0.15, -0.1) is 0 Å². The number of imidazole rings is 1. The number of urea groups is 1. The molecule has 0 saturated carbocycles. The van der Waals surface area contributed by atoms with Crippen molar-refractivity contribution < 1.29 is 14.0 Å². The van der Waals surface area contributed by atoms with Gasteiger partial charge in [-0.05, 0) is 42.0 Å². The van der Waals surface area contributed by atoms with Crippen LogP contribution in [0.15, 0.2) is 65.4 Å². The fourth-order valence-corrected chi connectivity index (χ4v) is 3.13. The van der Waals surface area contributed by atoms with Crippen molar-refractivity contribution in [3.63, 3.8) is 0 Å². The van der Waals surface area contributed by atoms with Gasteiger partial charge in [0.2, 0.25) is 5.91 Å². The molecule has 0 fully saturated rings. The number of carbonyl (C=O) groups is 2. The van der Waals surface area contributed by atoms with E-state index in [1.807, 2.05) is 12.1 Å². The molecule has 3 aromatic rings. The molecule has 1 unspecified atom stereocenters. The first kappa shape index (κ1) is 21.5. The van der Waals surface area contributed by atoms with Crippen LogP contribution in [0.4, 0.5) is 14.9 Å². The van der Waals surface area contributed by atoms with Gasteiger partial charge in [0.05, 0.1) is 0 Å². The normalized spacial score (nSPS) is 11.6. The van der Waals surface area contributed by atoms with Crippen molar-refractivity contribution in [1.29, 1.82) is 0 Å². The van der Waals surface area contributed by atoms with Crippen molar-refractivity contribution in [1.82, 2.24) is 20.2 Å². The maximum Gasteiger partial charge on any atom is 0.319 e. The molecule has 9 heteroatoms. The van der Waals surface area contributed by atoms with Crippen LogP contribution in [0.2, 0.25) is 0 Å². The summed E-state index contributed by atoms with van der Waals surface area (Å²) in [6, 6.07) is 12.1. The first-order chi connectivity index (χ1) is 14.4. The fraction of sp³-hybridized carbons (Fsp3) is 0.190. The number of halogens is 2. The zero-order valence-electron chi connectivity index (χ0n) is 16.2. The number of nitrogens with one attached hydrogen (secondary N) is 3. The Labute approximate surface area is 181 Å². The number of amides is 3. The van der Waals surface area contributed by atoms with E-state index in [1.165, 1.54) is 12.1 Å². The number of aromatic nitrogens is 2. The number of hydrogen-bond acceptors (Lipinski definition) is 3. The van der Waals surface area contributed by atoms with Crippen molar-refractivity contribution in [2.75, 3.05) is 11.9 Å². The summed E-state index contributed by atoms with van der Waals surface area (Å²) in [4.78, 5) is 28.7. The lowest BCUT2D eigenvalue weighted by atomic mass is 10.1. The standard InChI is InChI=1S/C21H21BrFN5O2/c1-28-12-11-24-20(28)19(14-3-2-4-16(23)13-14)27-18(29)9-10-25-21(30)26-17-7-5-15(22)6-8-17/h2-8,11-13,19H,9-10H2,1H3,(H,27,29)(H2,25,26,30). The molecule has 30 heavy (non-hydrogen) atoms. The molecule has 0 spiro atoms. The summed E-state index contributed by atoms with van der Waals surface area (Å²) in [6.07, 6.45) is 3.42. The highest BCUT2D eigenvalue weighted by Gasteiger charge is 2.21. The number of carbonyl (C=O) groups excluding carboxylic acids is 2. The van der Waals surface area contributed by atoms with E-state index in [2.05, 4.69) is 36.9 Å². The predicted molar refractivity (Wildman–Crippen MR) is 115 cm³/mol. The van der Waals surface area contributed by atoms with Crippen LogP contribution in [0.5, 0.6) is 0 Å². The molecule has 7 nitrogen and oxygen atoms in total. The molecule has 0 aliphatic carbocycles. The van der Waals surface area contributed by atoms with Crippen LogP contribution in [-0.2, 0) is 11.8 Å². The highest BCUT2D eigenvalue weighted by atomic mass is 79.9. The Bertz CT molecular complexity index is 1020. The molecule has 156 valence electrons. The average Bonchev–Trinajstić information content (AvgIpc) is 3.13. The maximum absolute atomic E-state index is 13.7. The molecule has 0 bridgehead atoms. The van der Waals surface area contributed by atoms with Crippen molar-refractivity contribution in [2.24, 2.45) is 7.05 Å². The Morgan fingerprint density at radius 2 is 1.97 bits per heavy atom. The van der Waals surface area contributed by atoms with E-state index < -0.39 is 17.9 Å². The van der Waals surface area contributed by atoms with E-state index in [0.717, 1.165) is 4.47 Å². The molecule has 3 N–H and O–H groups in total. The Morgan fingerprint density at radius 1 is 1.20 bits per heavy atom. The molecule has 0 radical (unpaired) electrons. The van der Waals surface area contributed by atoms with Crippen LogP contribution < -0.4 is 16.0 Å². The molecular formula is C21H21BrFN5O2. The summed E-state index contributed by atoms with van der Waals surface area (Å²) in [7, 11) is 1.80. The lowest BCUT2D eigenvalue weighted by Crippen LogP contribution is -2.35. The van der Waals surface area contributed by atoms with E-state index in [0.29, 0.717) is 17.1 Å². The molecule has 1 atom stereocenters. The van der Waals surface area contributed by atoms with Crippen molar-refractivity contribution in [3.05, 3.63) is 82.6 Å². The van der Waals surface area contributed by atoms with Crippen molar-refractivity contribution in [2.45, 2.75) is 12.5 Å². The fourth-order valence-electron chi connectivity index (χ4n) is 2.87. The number of hydrogen-bond donors (Lipinski definition) is 3. The third-order valence-electron chi connectivity index (χ3n) is 4.34. The van der Waals surface area contributed by atoms with Gasteiger partial charge in [0.25, 0.3) is 0 Å². The van der Waals surface area contributed by atoms with Crippen LogP contribution >= 0.6 is 15.9 Å². The molecule has 1 aromatic heterocycles. The van der Waals surface area contributed by atoms with Gasteiger partial charge in [-0.3, -0.25) is 4.79 Å². The second-order valence-corrected chi connectivity index (χ2v) is 7.51. The molecule has 3 rings (SSSR count). The highest BCUT2D eigenvalue weighted by molar-refractivity contribution is 9.10. The van der Waals surface area contributed by atoms with Crippen molar-refractivity contribution in [3.8, 4) is 0 Å². The topological polar surface area (TPSA) is 88.1 Å². The Balaban J connectivity index is 1.56. The van der Waals surface area contributed by atoms with E-state index in [-0.39, 0.29) is 18.9 Å². The number of benzene rings is 2. The van der Waals surface area contributed by atoms with Crippen molar-refractivity contribution >= 4 is 33.6 Å². The highest BCUT2D eigenvalue weighted by Crippen LogP contribution is 2.21. The van der Waals surface area contributed by atoms with Crippen LogP contribution in [0.25, 0.3) is 0 Å². The second-order valence-electron chi connectivity index (χ2n) is 6.59. The van der Waals surface area contributed by atoms with Gasteiger partial charge in [0.15, 0.2) is 0 Å². The third kappa shape index (κ3) is 5.90. The van der Waals surface area contributed by atoms with Crippen LogP contribution in [0.3, 0.4) is 0 Å². The molecule has 2 aromatic carbocycles. The molecule has 0 saturated heterocycles. The third-order valence-corrected chi connectivity index (χ3v) is 4.87. The zero-order chi connectivity index (χ0) is 21.5. The van der Waals surface area contributed by atoms with Gasteiger partial charge in [0.1, 0.15) is 17.7 Å². The van der Waals surface area contributed by atoms with Gasteiger partial charge >= 0.3 is 6.03 Å². The number of nitrogens with zero attached hydrogens (tertiary/aromatic N) is 2. The van der Waals surface area contributed by atoms with Gasteiger partial charge in [-0.2, -0.15) is 0 Å². The summed E-state index contributed by atoms with van der Waals surface area (Å²) in [5, 5.41) is 8.20. The maximum atomic E-state index is 13.7. The van der Waals surface area contributed by atoms with Gasteiger partial charge in [0, 0.05) is 42.6 Å². The molecule has 0 aliphatic heterocycles. The lowest BCUT2D eigenvalue weighted by molar-refractivity contribution is -0.121. The van der Waals surface area contributed by atoms with E-state index >= 15 is 0 Å². The van der Waals surface area contributed by atoms with Crippen LogP contribution in [0.1, 0.15) is 23.9 Å². The number of aryl methyl sites for hydroxylation is 1. The van der Waals surface area contributed by atoms with Crippen LogP contribution in [0, 0.1) is 5.82 Å². The van der Waals surface area contributed by atoms with E-state index in [9.17, 15) is 14.0 Å². The monoisotopic (exact) mass is 473 g/mol. The number of anilines is 1. The Kier molecular flexibility index (Phi) is 7.18. The second kappa shape index (κ2) is 10.0. The predicted octanol–water partition coefficient (Wildman–Crippen LogP) is 3.74. The summed E-state index contributed by atoms with van der Waals surface area (Å²) >= 11 is 3.33. The smallest absolute Gasteiger partial charge is 0.319 e. The van der Waals surface area contributed by atoms with Crippen LogP contribution in [-0.4, -0.2) is 28.0 Å². The first-order valence-electron chi connectivity index (χ1n) is 9.25. The van der Waals surface area contributed by atoms with E-state index in [4.69, 9.17) is 0 Å². The minimum absolute atomic E-state index is 0.0595. The molecule has 3 amide bonds. The summed E-state index contributed by atoms with van der Waals surface area (Å²) in [6.45, 7) is 0.143.